The molecule has 0 saturated heterocycles. The van der Waals surface area contributed by atoms with E-state index in [4.69, 9.17) is 4.74 Å². The molecule has 2 nitrogen and oxygen atoms in total. The van der Waals surface area contributed by atoms with Gasteiger partial charge in [0.15, 0.2) is 0 Å². The maximum Gasteiger partial charge on any atom is 0.127 e. The zero-order valence-electron chi connectivity index (χ0n) is 11.0. The van der Waals surface area contributed by atoms with Gasteiger partial charge in [0.05, 0.1) is 0 Å². The molecule has 2 aromatic rings. The SMILES string of the molecule is CCCNCc1cccc(Oc2ccc(Br)cc2)c1. The van der Waals surface area contributed by atoms with Crippen molar-refractivity contribution in [1.82, 2.24) is 5.32 Å². The fraction of sp³-hybridized carbons (Fsp3) is 0.250. The van der Waals surface area contributed by atoms with Gasteiger partial charge in [0.1, 0.15) is 11.5 Å². The minimum absolute atomic E-state index is 0.849. The number of nitrogens with one attached hydrogen (secondary N) is 1. The van der Waals surface area contributed by atoms with E-state index in [2.05, 4.69) is 40.3 Å². The molecule has 0 fully saturated rings. The summed E-state index contributed by atoms with van der Waals surface area (Å²) in [6.07, 6.45) is 1.15. The zero-order valence-corrected chi connectivity index (χ0v) is 12.6. The van der Waals surface area contributed by atoms with Crippen LogP contribution in [0.1, 0.15) is 18.9 Å². The normalized spacial score (nSPS) is 10.4. The van der Waals surface area contributed by atoms with Crippen molar-refractivity contribution in [2.24, 2.45) is 0 Å². The van der Waals surface area contributed by atoms with Gasteiger partial charge in [-0.1, -0.05) is 35.0 Å². The van der Waals surface area contributed by atoms with Crippen LogP contribution in [0.5, 0.6) is 11.5 Å². The summed E-state index contributed by atoms with van der Waals surface area (Å²) in [6.45, 7) is 4.09. The molecule has 19 heavy (non-hydrogen) atoms. The Morgan fingerprint density at radius 2 is 1.84 bits per heavy atom. The van der Waals surface area contributed by atoms with E-state index in [1.54, 1.807) is 0 Å². The van der Waals surface area contributed by atoms with E-state index in [0.29, 0.717) is 0 Å². The second kappa shape index (κ2) is 7.31. The van der Waals surface area contributed by atoms with E-state index in [1.165, 1.54) is 5.56 Å². The van der Waals surface area contributed by atoms with E-state index < -0.39 is 0 Å². The monoisotopic (exact) mass is 319 g/mol. The second-order valence-electron chi connectivity index (χ2n) is 4.38. The van der Waals surface area contributed by atoms with Crippen LogP contribution in [0.2, 0.25) is 0 Å². The summed E-state index contributed by atoms with van der Waals surface area (Å²) in [6, 6.07) is 16.0. The van der Waals surface area contributed by atoms with Crippen LogP contribution in [-0.4, -0.2) is 6.54 Å². The Kier molecular flexibility index (Phi) is 5.43. The van der Waals surface area contributed by atoms with Gasteiger partial charge >= 0.3 is 0 Å². The average Bonchev–Trinajstić information content (AvgIpc) is 2.42. The first-order valence-corrected chi connectivity index (χ1v) is 7.30. The summed E-state index contributed by atoms with van der Waals surface area (Å²) in [7, 11) is 0. The van der Waals surface area contributed by atoms with Gasteiger partial charge in [0.25, 0.3) is 0 Å². The van der Waals surface area contributed by atoms with Crippen LogP contribution in [0.4, 0.5) is 0 Å². The molecule has 0 amide bonds. The minimum Gasteiger partial charge on any atom is -0.457 e. The molecule has 0 radical (unpaired) electrons. The van der Waals surface area contributed by atoms with E-state index in [9.17, 15) is 0 Å². The summed E-state index contributed by atoms with van der Waals surface area (Å²) in [5.41, 5.74) is 1.24. The van der Waals surface area contributed by atoms with Crippen LogP contribution in [-0.2, 0) is 6.54 Å². The summed E-state index contributed by atoms with van der Waals surface area (Å²) >= 11 is 3.41. The van der Waals surface area contributed by atoms with Crippen molar-refractivity contribution in [1.29, 1.82) is 0 Å². The first-order chi connectivity index (χ1) is 9.28. The molecule has 100 valence electrons. The average molecular weight is 320 g/mol. The second-order valence-corrected chi connectivity index (χ2v) is 5.30. The Hall–Kier alpha value is -1.32. The van der Waals surface area contributed by atoms with Gasteiger partial charge in [0, 0.05) is 11.0 Å². The Balaban J connectivity index is 2.00. The predicted octanol–water partition coefficient (Wildman–Crippen LogP) is 4.74. The summed E-state index contributed by atoms with van der Waals surface area (Å²) < 4.78 is 6.88. The van der Waals surface area contributed by atoms with Crippen LogP contribution in [0.15, 0.2) is 53.0 Å². The van der Waals surface area contributed by atoms with Crippen LogP contribution in [0.25, 0.3) is 0 Å². The maximum absolute atomic E-state index is 5.83. The van der Waals surface area contributed by atoms with E-state index in [1.807, 2.05) is 36.4 Å². The van der Waals surface area contributed by atoms with Gasteiger partial charge in [-0.25, -0.2) is 0 Å². The van der Waals surface area contributed by atoms with Gasteiger partial charge in [0.2, 0.25) is 0 Å². The van der Waals surface area contributed by atoms with E-state index >= 15 is 0 Å². The molecule has 2 aromatic carbocycles. The van der Waals surface area contributed by atoms with Crippen molar-refractivity contribution >= 4 is 15.9 Å². The molecule has 3 heteroatoms. The number of halogens is 1. The maximum atomic E-state index is 5.83. The number of hydrogen-bond donors (Lipinski definition) is 1. The highest BCUT2D eigenvalue weighted by atomic mass is 79.9. The highest BCUT2D eigenvalue weighted by Gasteiger charge is 1.99. The van der Waals surface area contributed by atoms with Crippen LogP contribution < -0.4 is 10.1 Å². The number of rotatable bonds is 6. The standard InChI is InChI=1S/C16H18BrNO/c1-2-10-18-12-13-4-3-5-16(11-13)19-15-8-6-14(17)7-9-15/h3-9,11,18H,2,10,12H2,1H3. The quantitative estimate of drug-likeness (QED) is 0.776. The molecular formula is C16H18BrNO. The minimum atomic E-state index is 0.849. The van der Waals surface area contributed by atoms with E-state index in [-0.39, 0.29) is 0 Å². The molecule has 2 rings (SSSR count). The molecular weight excluding hydrogens is 302 g/mol. The van der Waals surface area contributed by atoms with Gasteiger partial charge in [-0.05, 0) is 54.9 Å². The third-order valence-corrected chi connectivity index (χ3v) is 3.23. The number of benzene rings is 2. The highest BCUT2D eigenvalue weighted by molar-refractivity contribution is 9.10. The molecule has 0 aliphatic carbocycles. The first kappa shape index (κ1) is 14.1. The molecule has 0 aromatic heterocycles. The van der Waals surface area contributed by atoms with Crippen LogP contribution in [0.3, 0.4) is 0 Å². The number of ether oxygens (including phenoxy) is 1. The van der Waals surface area contributed by atoms with Gasteiger partial charge < -0.3 is 10.1 Å². The molecule has 0 saturated carbocycles. The molecule has 0 heterocycles. The van der Waals surface area contributed by atoms with Gasteiger partial charge in [-0.15, -0.1) is 0 Å². The largest absolute Gasteiger partial charge is 0.457 e. The van der Waals surface area contributed by atoms with Gasteiger partial charge in [-0.3, -0.25) is 0 Å². The molecule has 0 aliphatic heterocycles. The van der Waals surface area contributed by atoms with Crippen molar-refractivity contribution in [3.05, 3.63) is 58.6 Å². The predicted molar refractivity (Wildman–Crippen MR) is 82.7 cm³/mol. The third-order valence-electron chi connectivity index (χ3n) is 2.70. The van der Waals surface area contributed by atoms with Crippen molar-refractivity contribution in [3.8, 4) is 11.5 Å². The Morgan fingerprint density at radius 1 is 1.05 bits per heavy atom. The molecule has 1 N–H and O–H groups in total. The molecule has 0 aliphatic rings. The zero-order chi connectivity index (χ0) is 13.5. The van der Waals surface area contributed by atoms with Crippen molar-refractivity contribution in [2.45, 2.75) is 19.9 Å². The number of hydrogen-bond acceptors (Lipinski definition) is 2. The smallest absolute Gasteiger partial charge is 0.127 e. The molecule has 0 unspecified atom stereocenters. The summed E-state index contributed by atoms with van der Waals surface area (Å²) in [5.74, 6) is 1.72. The lowest BCUT2D eigenvalue weighted by Gasteiger charge is -2.08. The Bertz CT molecular complexity index is 510. The van der Waals surface area contributed by atoms with Crippen molar-refractivity contribution in [2.75, 3.05) is 6.54 Å². The topological polar surface area (TPSA) is 21.3 Å². The fourth-order valence-electron chi connectivity index (χ4n) is 1.77. The van der Waals surface area contributed by atoms with Crippen molar-refractivity contribution in [3.63, 3.8) is 0 Å². The lowest BCUT2D eigenvalue weighted by molar-refractivity contribution is 0.481. The third kappa shape index (κ3) is 4.69. The van der Waals surface area contributed by atoms with E-state index in [0.717, 1.165) is 35.5 Å². The lowest BCUT2D eigenvalue weighted by Crippen LogP contribution is -2.13. The van der Waals surface area contributed by atoms with Crippen LogP contribution >= 0.6 is 15.9 Å². The Labute approximate surface area is 122 Å². The van der Waals surface area contributed by atoms with Crippen LogP contribution in [0, 0.1) is 0 Å². The lowest BCUT2D eigenvalue weighted by atomic mass is 10.2. The summed E-state index contributed by atoms with van der Waals surface area (Å²) in [4.78, 5) is 0. The fourth-order valence-corrected chi connectivity index (χ4v) is 2.03. The Morgan fingerprint density at radius 3 is 2.58 bits per heavy atom. The molecule has 0 spiro atoms. The van der Waals surface area contributed by atoms with Crippen molar-refractivity contribution < 1.29 is 4.74 Å². The molecule has 0 atom stereocenters. The highest BCUT2D eigenvalue weighted by Crippen LogP contribution is 2.23. The first-order valence-electron chi connectivity index (χ1n) is 6.51. The van der Waals surface area contributed by atoms with Gasteiger partial charge in [-0.2, -0.15) is 0 Å². The summed E-state index contributed by atoms with van der Waals surface area (Å²) in [5, 5.41) is 3.39. The molecule has 0 bridgehead atoms.